The number of aryl methyl sites for hydroxylation is 3. The molecule has 2 aromatic rings. The van der Waals surface area contributed by atoms with Gasteiger partial charge < -0.3 is 9.26 Å². The minimum Gasteiger partial charge on any atom is -0.372 e. The van der Waals surface area contributed by atoms with E-state index in [2.05, 4.69) is 15.0 Å². The number of aromatic nitrogens is 3. The molecule has 8 nitrogen and oxygen atoms in total. The number of nitrogens with zero attached hydrogens (tertiary/aromatic N) is 3. The van der Waals surface area contributed by atoms with E-state index >= 15 is 0 Å². The normalized spacial score (nSPS) is 21.5. The monoisotopic (exact) mass is 354 g/mol. The van der Waals surface area contributed by atoms with Gasteiger partial charge in [0.15, 0.2) is 5.76 Å². The van der Waals surface area contributed by atoms with Crippen molar-refractivity contribution in [2.75, 3.05) is 13.2 Å². The second kappa shape index (κ2) is 6.66. The lowest BCUT2D eigenvalue weighted by molar-refractivity contribution is 0.0842. The smallest absolute Gasteiger partial charge is 0.245 e. The second-order valence-electron chi connectivity index (χ2n) is 5.92. The predicted molar refractivity (Wildman–Crippen MR) is 85.9 cm³/mol. The maximum absolute atomic E-state index is 12.5. The van der Waals surface area contributed by atoms with Gasteiger partial charge >= 0.3 is 0 Å². The van der Waals surface area contributed by atoms with E-state index in [-0.39, 0.29) is 16.9 Å². The van der Waals surface area contributed by atoms with E-state index < -0.39 is 10.0 Å². The first-order valence-corrected chi connectivity index (χ1v) is 9.48. The summed E-state index contributed by atoms with van der Waals surface area (Å²) in [6.07, 6.45) is 2.38. The molecule has 1 aliphatic heterocycles. The fourth-order valence-corrected chi connectivity index (χ4v) is 4.59. The van der Waals surface area contributed by atoms with Gasteiger partial charge in [0, 0.05) is 31.8 Å². The summed E-state index contributed by atoms with van der Waals surface area (Å²) in [5.41, 5.74) is 1.35. The van der Waals surface area contributed by atoms with E-state index in [0.717, 1.165) is 18.7 Å². The highest BCUT2D eigenvalue weighted by molar-refractivity contribution is 7.89. The highest BCUT2D eigenvalue weighted by atomic mass is 32.2. The van der Waals surface area contributed by atoms with Crippen molar-refractivity contribution in [1.29, 1.82) is 0 Å². The fourth-order valence-electron chi connectivity index (χ4n) is 3.17. The van der Waals surface area contributed by atoms with Gasteiger partial charge in [-0.15, -0.1) is 0 Å². The number of hydrogen-bond donors (Lipinski definition) is 1. The predicted octanol–water partition coefficient (Wildman–Crippen LogP) is 1.56. The molecule has 0 aliphatic carbocycles. The van der Waals surface area contributed by atoms with E-state index in [9.17, 15) is 8.42 Å². The molecule has 1 N–H and O–H groups in total. The first kappa shape index (κ1) is 17.1. The Kier molecular flexibility index (Phi) is 4.75. The molecular weight excluding hydrogens is 332 g/mol. The van der Waals surface area contributed by atoms with Gasteiger partial charge in [0.1, 0.15) is 16.7 Å². The van der Waals surface area contributed by atoms with Crippen LogP contribution in [0.4, 0.5) is 0 Å². The van der Waals surface area contributed by atoms with Crippen LogP contribution in [-0.4, -0.2) is 36.5 Å². The lowest BCUT2D eigenvalue weighted by Gasteiger charge is -2.20. The molecule has 24 heavy (non-hydrogen) atoms. The first-order chi connectivity index (χ1) is 11.4. The summed E-state index contributed by atoms with van der Waals surface area (Å²) in [5, 5.41) is 7.97. The Morgan fingerprint density at radius 2 is 2.21 bits per heavy atom. The number of sulfonamides is 1. The minimum atomic E-state index is -3.66. The summed E-state index contributed by atoms with van der Waals surface area (Å²) in [4.78, 5) is 0.122. The number of ether oxygens (including phenoxy) is 1. The summed E-state index contributed by atoms with van der Waals surface area (Å²) < 4.78 is 40.4. The van der Waals surface area contributed by atoms with E-state index in [0.29, 0.717) is 24.6 Å². The van der Waals surface area contributed by atoms with Gasteiger partial charge in [0.25, 0.3) is 0 Å². The quantitative estimate of drug-likeness (QED) is 0.845. The Balaban J connectivity index is 1.74. The first-order valence-electron chi connectivity index (χ1n) is 8.00. The van der Waals surface area contributed by atoms with E-state index in [4.69, 9.17) is 9.26 Å². The Morgan fingerprint density at radius 3 is 2.88 bits per heavy atom. The van der Waals surface area contributed by atoms with Gasteiger partial charge in [0.05, 0.1) is 5.69 Å². The van der Waals surface area contributed by atoms with Crippen LogP contribution in [0.2, 0.25) is 0 Å². The number of nitrogens with one attached hydrogen (secondary N) is 1. The van der Waals surface area contributed by atoms with Crippen molar-refractivity contribution in [3.05, 3.63) is 29.4 Å². The lowest BCUT2D eigenvalue weighted by Crippen LogP contribution is -2.31. The van der Waals surface area contributed by atoms with Crippen molar-refractivity contribution in [3.63, 3.8) is 0 Å². The Hall–Kier alpha value is -1.71. The van der Waals surface area contributed by atoms with Crippen LogP contribution < -0.4 is 4.72 Å². The van der Waals surface area contributed by atoms with Crippen molar-refractivity contribution in [2.45, 2.75) is 44.7 Å². The third-order valence-electron chi connectivity index (χ3n) is 4.33. The van der Waals surface area contributed by atoms with Crippen molar-refractivity contribution in [1.82, 2.24) is 19.7 Å². The SMILES string of the molecule is CCn1nccc1[C@@H]1OCC[C@H]1CNS(=O)(=O)c1c(C)noc1C. The van der Waals surface area contributed by atoms with E-state index in [1.54, 1.807) is 20.0 Å². The molecule has 1 fully saturated rings. The van der Waals surface area contributed by atoms with Crippen LogP contribution in [0.5, 0.6) is 0 Å². The molecule has 0 spiro atoms. The molecule has 9 heteroatoms. The number of rotatable bonds is 6. The molecule has 2 atom stereocenters. The van der Waals surface area contributed by atoms with Crippen LogP contribution in [0, 0.1) is 19.8 Å². The summed E-state index contributed by atoms with van der Waals surface area (Å²) >= 11 is 0. The van der Waals surface area contributed by atoms with Crippen LogP contribution in [0.25, 0.3) is 0 Å². The molecule has 0 bridgehead atoms. The molecule has 0 unspecified atom stereocenters. The van der Waals surface area contributed by atoms with Crippen molar-refractivity contribution < 1.29 is 17.7 Å². The van der Waals surface area contributed by atoms with Crippen LogP contribution in [0.1, 0.15) is 36.6 Å². The molecule has 1 aliphatic rings. The summed E-state index contributed by atoms with van der Waals surface area (Å²) in [6.45, 7) is 6.88. The average Bonchev–Trinajstić information content (AvgIpc) is 3.24. The zero-order valence-electron chi connectivity index (χ0n) is 14.0. The second-order valence-corrected chi connectivity index (χ2v) is 7.62. The molecule has 0 saturated carbocycles. The maximum atomic E-state index is 12.5. The zero-order valence-corrected chi connectivity index (χ0v) is 14.8. The summed E-state index contributed by atoms with van der Waals surface area (Å²) in [6, 6.07) is 1.93. The third kappa shape index (κ3) is 3.11. The topological polar surface area (TPSA) is 99.2 Å². The average molecular weight is 354 g/mol. The lowest BCUT2D eigenvalue weighted by atomic mass is 9.99. The van der Waals surface area contributed by atoms with Crippen LogP contribution >= 0.6 is 0 Å². The highest BCUT2D eigenvalue weighted by Crippen LogP contribution is 2.34. The molecule has 0 aromatic carbocycles. The molecule has 0 radical (unpaired) electrons. The van der Waals surface area contributed by atoms with E-state index in [1.807, 2.05) is 17.7 Å². The third-order valence-corrected chi connectivity index (χ3v) is 5.99. The van der Waals surface area contributed by atoms with Crippen LogP contribution in [0.15, 0.2) is 21.7 Å². The Morgan fingerprint density at radius 1 is 1.42 bits per heavy atom. The van der Waals surface area contributed by atoms with Crippen molar-refractivity contribution in [3.8, 4) is 0 Å². The van der Waals surface area contributed by atoms with Gasteiger partial charge in [-0.25, -0.2) is 13.1 Å². The fraction of sp³-hybridized carbons (Fsp3) is 0.600. The molecule has 3 rings (SSSR count). The Bertz CT molecular complexity index is 792. The maximum Gasteiger partial charge on any atom is 0.245 e. The largest absolute Gasteiger partial charge is 0.372 e. The summed E-state index contributed by atoms with van der Waals surface area (Å²) in [7, 11) is -3.66. The van der Waals surface area contributed by atoms with Gasteiger partial charge in [-0.2, -0.15) is 5.10 Å². The molecule has 2 aromatic heterocycles. The zero-order chi connectivity index (χ0) is 17.3. The van der Waals surface area contributed by atoms with Crippen LogP contribution in [0.3, 0.4) is 0 Å². The molecule has 0 amide bonds. The van der Waals surface area contributed by atoms with Gasteiger partial charge in [0.2, 0.25) is 10.0 Å². The van der Waals surface area contributed by atoms with Crippen LogP contribution in [-0.2, 0) is 21.3 Å². The minimum absolute atomic E-state index is 0.0576. The van der Waals surface area contributed by atoms with Gasteiger partial charge in [-0.05, 0) is 33.3 Å². The molecule has 132 valence electrons. The van der Waals surface area contributed by atoms with E-state index in [1.165, 1.54) is 0 Å². The Labute approximate surface area is 141 Å². The molecule has 1 saturated heterocycles. The highest BCUT2D eigenvalue weighted by Gasteiger charge is 2.33. The summed E-state index contributed by atoms with van der Waals surface area (Å²) in [5.74, 6) is 0.352. The van der Waals surface area contributed by atoms with Crippen molar-refractivity contribution in [2.24, 2.45) is 5.92 Å². The van der Waals surface area contributed by atoms with Crippen molar-refractivity contribution >= 4 is 10.0 Å². The van der Waals surface area contributed by atoms with Gasteiger partial charge in [-0.3, -0.25) is 4.68 Å². The number of hydrogen-bond acceptors (Lipinski definition) is 6. The standard InChI is InChI=1S/C15H22N4O4S/c1-4-19-13(5-7-16-19)14-12(6-8-22-14)9-17-24(20,21)15-10(2)18-23-11(15)3/h5,7,12,14,17H,4,6,8-9H2,1-3H3/t12-,14+/m0/s1. The molecule has 3 heterocycles. The molecular formula is C15H22N4O4S. The van der Waals surface area contributed by atoms with Gasteiger partial charge in [-0.1, -0.05) is 5.16 Å².